The number of aryl methyl sites for hydroxylation is 2. The maximum Gasteiger partial charge on any atom is 0.253 e. The zero-order valence-corrected chi connectivity index (χ0v) is 14.8. The lowest BCUT2D eigenvalue weighted by Gasteiger charge is -2.11. The summed E-state index contributed by atoms with van der Waals surface area (Å²) in [5.41, 5.74) is 11.4. The summed E-state index contributed by atoms with van der Waals surface area (Å²) in [6.45, 7) is 2.51. The van der Waals surface area contributed by atoms with E-state index in [0.717, 1.165) is 22.4 Å². The number of benzene rings is 2. The summed E-state index contributed by atoms with van der Waals surface area (Å²) in [7, 11) is 1.76. The number of nitrogens with two attached hydrogens (primary N) is 1. The van der Waals surface area contributed by atoms with Crippen molar-refractivity contribution in [3.8, 4) is 11.4 Å². The highest BCUT2D eigenvalue weighted by Gasteiger charge is 2.15. The second-order valence-electron chi connectivity index (χ2n) is 6.58. The van der Waals surface area contributed by atoms with Crippen LogP contribution in [0.5, 0.6) is 0 Å². The van der Waals surface area contributed by atoms with E-state index in [1.54, 1.807) is 11.6 Å². The normalized spacial score (nSPS) is 11.2. The fraction of sp³-hybridized carbons (Fsp3) is 0.143. The van der Waals surface area contributed by atoms with Crippen LogP contribution in [0.4, 0.5) is 5.69 Å². The van der Waals surface area contributed by atoms with Crippen molar-refractivity contribution < 1.29 is 0 Å². The second-order valence-corrected chi connectivity index (χ2v) is 6.58. The van der Waals surface area contributed by atoms with Crippen molar-refractivity contribution in [1.82, 2.24) is 14.1 Å². The molecule has 4 rings (SSSR count). The van der Waals surface area contributed by atoms with Gasteiger partial charge >= 0.3 is 0 Å². The molecule has 2 aromatic heterocycles. The predicted molar refractivity (Wildman–Crippen MR) is 105 cm³/mol. The molecule has 0 amide bonds. The van der Waals surface area contributed by atoms with Gasteiger partial charge in [-0.25, -0.2) is 4.98 Å². The van der Waals surface area contributed by atoms with Crippen molar-refractivity contribution in [3.63, 3.8) is 0 Å². The summed E-state index contributed by atoms with van der Waals surface area (Å²) < 4.78 is 3.76. The summed E-state index contributed by atoms with van der Waals surface area (Å²) in [4.78, 5) is 16.9. The molecule has 0 aliphatic carbocycles. The summed E-state index contributed by atoms with van der Waals surface area (Å²) in [6.07, 6.45) is 1.83. The molecule has 4 aromatic rings. The molecule has 0 radical (unpaired) electrons. The van der Waals surface area contributed by atoms with Gasteiger partial charge in [0.2, 0.25) is 0 Å². The lowest BCUT2D eigenvalue weighted by molar-refractivity contribution is 0.819. The Hall–Kier alpha value is -3.34. The molecule has 5 nitrogen and oxygen atoms in total. The number of pyridine rings is 1. The molecule has 0 saturated heterocycles. The van der Waals surface area contributed by atoms with Gasteiger partial charge in [-0.15, -0.1) is 0 Å². The third-order valence-electron chi connectivity index (χ3n) is 4.58. The summed E-state index contributed by atoms with van der Waals surface area (Å²) in [5, 5.41) is 0. The van der Waals surface area contributed by atoms with Gasteiger partial charge in [0, 0.05) is 36.6 Å². The van der Waals surface area contributed by atoms with Crippen molar-refractivity contribution in [1.29, 1.82) is 0 Å². The number of imidazole rings is 1. The van der Waals surface area contributed by atoms with Gasteiger partial charge in [-0.2, -0.15) is 0 Å². The minimum Gasteiger partial charge on any atom is -0.399 e. The topological polar surface area (TPSA) is 65.8 Å². The Kier molecular flexibility index (Phi) is 3.84. The molecule has 0 spiro atoms. The van der Waals surface area contributed by atoms with Gasteiger partial charge < -0.3 is 14.9 Å². The average Bonchev–Trinajstić information content (AvgIpc) is 2.98. The first-order valence-corrected chi connectivity index (χ1v) is 8.50. The van der Waals surface area contributed by atoms with Crippen LogP contribution in [0.2, 0.25) is 0 Å². The number of fused-ring (bicyclic) bond motifs is 1. The zero-order chi connectivity index (χ0) is 18.3. The molecule has 0 aliphatic rings. The summed E-state index contributed by atoms with van der Waals surface area (Å²) in [6, 6.07) is 17.9. The van der Waals surface area contributed by atoms with Gasteiger partial charge in [0.1, 0.15) is 5.82 Å². The first-order valence-electron chi connectivity index (χ1n) is 8.50. The van der Waals surface area contributed by atoms with E-state index < -0.39 is 0 Å². The second kappa shape index (κ2) is 6.19. The molecule has 0 aliphatic heterocycles. The molecule has 26 heavy (non-hydrogen) atoms. The third kappa shape index (κ3) is 2.77. The van der Waals surface area contributed by atoms with Crippen LogP contribution in [0, 0.1) is 6.92 Å². The Morgan fingerprint density at radius 2 is 1.85 bits per heavy atom. The minimum absolute atomic E-state index is 0.00344. The van der Waals surface area contributed by atoms with Crippen molar-refractivity contribution >= 4 is 16.7 Å². The third-order valence-corrected chi connectivity index (χ3v) is 4.58. The Labute approximate surface area is 151 Å². The van der Waals surface area contributed by atoms with Crippen LogP contribution in [0.3, 0.4) is 0 Å². The first-order chi connectivity index (χ1) is 12.5. The van der Waals surface area contributed by atoms with E-state index in [2.05, 4.69) is 16.7 Å². The van der Waals surface area contributed by atoms with Gasteiger partial charge in [0.05, 0.1) is 11.0 Å². The molecule has 2 heterocycles. The predicted octanol–water partition coefficient (Wildman–Crippen LogP) is 3.34. The number of nitrogens with zero attached hydrogens (tertiary/aromatic N) is 3. The fourth-order valence-electron chi connectivity index (χ4n) is 3.29. The molecule has 5 heteroatoms. The number of rotatable bonds is 3. The first kappa shape index (κ1) is 16.1. The Morgan fingerprint density at radius 3 is 2.58 bits per heavy atom. The fourth-order valence-corrected chi connectivity index (χ4v) is 3.29. The Bertz CT molecular complexity index is 1130. The molecule has 0 unspecified atom stereocenters. The number of aromatic nitrogens is 3. The maximum atomic E-state index is 12.1. The van der Waals surface area contributed by atoms with Gasteiger partial charge in [-0.05, 0) is 36.8 Å². The van der Waals surface area contributed by atoms with Crippen molar-refractivity contribution in [2.45, 2.75) is 13.5 Å². The highest BCUT2D eigenvalue weighted by Crippen LogP contribution is 2.27. The number of hydrogen-bond acceptors (Lipinski definition) is 3. The number of hydrogen-bond donors (Lipinski definition) is 1. The van der Waals surface area contributed by atoms with Crippen LogP contribution in [0.1, 0.15) is 11.1 Å². The van der Waals surface area contributed by atoms with Crippen molar-refractivity contribution in [2.24, 2.45) is 7.05 Å². The number of nitrogen functional groups attached to an aromatic ring is 1. The van der Waals surface area contributed by atoms with Gasteiger partial charge in [0.15, 0.2) is 0 Å². The van der Waals surface area contributed by atoms with Crippen LogP contribution in [0.15, 0.2) is 65.6 Å². The molecule has 0 atom stereocenters. The van der Waals surface area contributed by atoms with E-state index in [9.17, 15) is 4.79 Å². The average molecular weight is 344 g/mol. The minimum atomic E-state index is 0.00344. The largest absolute Gasteiger partial charge is 0.399 e. The van der Waals surface area contributed by atoms with Crippen LogP contribution >= 0.6 is 0 Å². The lowest BCUT2D eigenvalue weighted by Crippen LogP contribution is -2.18. The van der Waals surface area contributed by atoms with E-state index in [0.29, 0.717) is 17.8 Å². The standard InChI is InChI=1S/C21H20N4O/c1-14-10-16(13-24(2)21(14)26)20-23-18-9-8-17(22)11-19(18)25(20)12-15-6-4-3-5-7-15/h3-11,13H,12,22H2,1-2H3. The van der Waals surface area contributed by atoms with E-state index in [-0.39, 0.29) is 5.56 Å². The molecular weight excluding hydrogens is 324 g/mol. The monoisotopic (exact) mass is 344 g/mol. The Morgan fingerprint density at radius 1 is 1.08 bits per heavy atom. The molecule has 0 bridgehead atoms. The van der Waals surface area contributed by atoms with Crippen molar-refractivity contribution in [2.75, 3.05) is 5.73 Å². The lowest BCUT2D eigenvalue weighted by atomic mass is 10.2. The SMILES string of the molecule is Cc1cc(-c2nc3ccc(N)cc3n2Cc2ccccc2)cn(C)c1=O. The molecular formula is C21H20N4O. The van der Waals surface area contributed by atoms with Gasteiger partial charge in [-0.3, -0.25) is 4.79 Å². The number of anilines is 1. The Balaban J connectivity index is 1.97. The summed E-state index contributed by atoms with van der Waals surface area (Å²) in [5.74, 6) is 0.827. The summed E-state index contributed by atoms with van der Waals surface area (Å²) >= 11 is 0. The van der Waals surface area contributed by atoms with E-state index >= 15 is 0 Å². The van der Waals surface area contributed by atoms with Crippen LogP contribution < -0.4 is 11.3 Å². The highest BCUT2D eigenvalue weighted by atomic mass is 16.1. The smallest absolute Gasteiger partial charge is 0.253 e. The molecule has 0 fully saturated rings. The van der Waals surface area contributed by atoms with Gasteiger partial charge in [0.25, 0.3) is 5.56 Å². The van der Waals surface area contributed by atoms with Crippen LogP contribution in [0.25, 0.3) is 22.4 Å². The zero-order valence-electron chi connectivity index (χ0n) is 14.8. The molecule has 2 N–H and O–H groups in total. The quantitative estimate of drug-likeness (QED) is 0.580. The van der Waals surface area contributed by atoms with E-state index in [1.165, 1.54) is 5.56 Å². The molecule has 2 aromatic carbocycles. The van der Waals surface area contributed by atoms with Crippen LogP contribution in [-0.4, -0.2) is 14.1 Å². The van der Waals surface area contributed by atoms with Gasteiger partial charge in [-0.1, -0.05) is 30.3 Å². The molecule has 130 valence electrons. The molecule has 0 saturated carbocycles. The van der Waals surface area contributed by atoms with Crippen LogP contribution in [-0.2, 0) is 13.6 Å². The van der Waals surface area contributed by atoms with E-state index in [1.807, 2.05) is 55.6 Å². The highest BCUT2D eigenvalue weighted by molar-refractivity contribution is 5.83. The van der Waals surface area contributed by atoms with E-state index in [4.69, 9.17) is 10.7 Å². The van der Waals surface area contributed by atoms with Crippen molar-refractivity contribution in [3.05, 3.63) is 82.3 Å². The maximum absolute atomic E-state index is 12.1.